The highest BCUT2D eigenvalue weighted by molar-refractivity contribution is 7.90. The molecule has 1 N–H and O–H groups in total. The minimum atomic E-state index is -2.95. The molecule has 2 aromatic rings. The van der Waals surface area contributed by atoms with Gasteiger partial charge in [-0.1, -0.05) is 30.3 Å². The molecular formula is C14H17NO2S. The van der Waals surface area contributed by atoms with Crippen LogP contribution in [-0.4, -0.2) is 26.5 Å². The first-order valence-electron chi connectivity index (χ1n) is 5.87. The van der Waals surface area contributed by atoms with Crippen LogP contribution in [0.4, 0.5) is 5.69 Å². The Kier molecular flexibility index (Phi) is 3.57. The number of anilines is 1. The van der Waals surface area contributed by atoms with E-state index in [1.54, 1.807) is 0 Å². The van der Waals surface area contributed by atoms with Crippen molar-refractivity contribution in [2.45, 2.75) is 13.0 Å². The van der Waals surface area contributed by atoms with Crippen molar-refractivity contribution < 1.29 is 8.42 Å². The highest BCUT2D eigenvalue weighted by Crippen LogP contribution is 2.19. The van der Waals surface area contributed by atoms with Crippen LogP contribution in [0.3, 0.4) is 0 Å². The van der Waals surface area contributed by atoms with Crippen molar-refractivity contribution in [3.05, 3.63) is 42.5 Å². The third-order valence-electron chi connectivity index (χ3n) is 2.72. The Balaban J connectivity index is 2.17. The van der Waals surface area contributed by atoms with Crippen LogP contribution in [0.25, 0.3) is 10.8 Å². The maximum Gasteiger partial charge on any atom is 0.149 e. The van der Waals surface area contributed by atoms with Gasteiger partial charge in [-0.25, -0.2) is 8.42 Å². The number of sulfone groups is 1. The molecule has 0 aliphatic heterocycles. The molecule has 0 fully saturated rings. The van der Waals surface area contributed by atoms with Crippen molar-refractivity contribution in [3.8, 4) is 0 Å². The normalized spacial score (nSPS) is 13.4. The second-order valence-electron chi connectivity index (χ2n) is 4.70. The lowest BCUT2D eigenvalue weighted by molar-refractivity contribution is 0.598. The standard InChI is InChI=1S/C14H17NO2S/c1-11(10-18(2,16)17)15-14-8-7-12-5-3-4-6-13(12)9-14/h3-9,11,15H,10H2,1-2H3. The van der Waals surface area contributed by atoms with Crippen LogP contribution >= 0.6 is 0 Å². The van der Waals surface area contributed by atoms with Crippen molar-refractivity contribution in [1.82, 2.24) is 0 Å². The molecule has 18 heavy (non-hydrogen) atoms. The van der Waals surface area contributed by atoms with Crippen LogP contribution in [0.2, 0.25) is 0 Å². The van der Waals surface area contributed by atoms with E-state index in [2.05, 4.69) is 11.4 Å². The minimum absolute atomic E-state index is 0.0961. The quantitative estimate of drug-likeness (QED) is 0.922. The van der Waals surface area contributed by atoms with Gasteiger partial charge in [0.15, 0.2) is 0 Å². The Morgan fingerprint density at radius 2 is 1.78 bits per heavy atom. The molecule has 0 aliphatic carbocycles. The minimum Gasteiger partial charge on any atom is -0.382 e. The highest BCUT2D eigenvalue weighted by Gasteiger charge is 2.10. The summed E-state index contributed by atoms with van der Waals surface area (Å²) in [6.45, 7) is 1.87. The van der Waals surface area contributed by atoms with Crippen LogP contribution in [0.5, 0.6) is 0 Å². The van der Waals surface area contributed by atoms with Gasteiger partial charge in [-0.3, -0.25) is 0 Å². The summed E-state index contributed by atoms with van der Waals surface area (Å²) in [6, 6.07) is 14.0. The smallest absolute Gasteiger partial charge is 0.149 e. The molecule has 2 rings (SSSR count). The summed E-state index contributed by atoms with van der Waals surface area (Å²) in [5.74, 6) is 0.139. The summed E-state index contributed by atoms with van der Waals surface area (Å²) >= 11 is 0. The van der Waals surface area contributed by atoms with E-state index in [9.17, 15) is 8.42 Å². The van der Waals surface area contributed by atoms with E-state index in [4.69, 9.17) is 0 Å². The van der Waals surface area contributed by atoms with E-state index < -0.39 is 9.84 Å². The number of hydrogen-bond donors (Lipinski definition) is 1. The van der Waals surface area contributed by atoms with Crippen LogP contribution in [0, 0.1) is 0 Å². The molecule has 0 bridgehead atoms. The fourth-order valence-corrected chi connectivity index (χ4v) is 3.05. The maximum absolute atomic E-state index is 11.2. The number of benzene rings is 2. The SMILES string of the molecule is CC(CS(C)(=O)=O)Nc1ccc2ccccc2c1. The van der Waals surface area contributed by atoms with Crippen molar-refractivity contribution in [3.63, 3.8) is 0 Å². The number of nitrogens with one attached hydrogen (secondary N) is 1. The van der Waals surface area contributed by atoms with Crippen LogP contribution < -0.4 is 5.32 Å². The first-order chi connectivity index (χ1) is 8.44. The summed E-state index contributed by atoms with van der Waals surface area (Å²) in [5.41, 5.74) is 0.949. The zero-order valence-electron chi connectivity index (χ0n) is 10.6. The summed E-state index contributed by atoms with van der Waals surface area (Å²) in [5, 5.41) is 5.54. The Bertz CT molecular complexity index is 650. The van der Waals surface area contributed by atoms with Gasteiger partial charge in [0.1, 0.15) is 9.84 Å². The molecule has 1 unspecified atom stereocenters. The van der Waals surface area contributed by atoms with Crippen LogP contribution in [-0.2, 0) is 9.84 Å². The third-order valence-corrected chi connectivity index (χ3v) is 3.82. The average molecular weight is 263 g/mol. The predicted molar refractivity (Wildman–Crippen MR) is 76.7 cm³/mol. The molecule has 4 heteroatoms. The van der Waals surface area contributed by atoms with Crippen molar-refractivity contribution >= 4 is 26.3 Å². The van der Waals surface area contributed by atoms with Gasteiger partial charge in [-0.15, -0.1) is 0 Å². The van der Waals surface area contributed by atoms with Gasteiger partial charge in [0, 0.05) is 18.0 Å². The molecule has 0 amide bonds. The molecule has 96 valence electrons. The Morgan fingerprint density at radius 1 is 1.11 bits per heavy atom. The number of fused-ring (bicyclic) bond motifs is 1. The summed E-state index contributed by atoms with van der Waals surface area (Å²) in [6.07, 6.45) is 1.26. The first kappa shape index (κ1) is 12.9. The second kappa shape index (κ2) is 4.98. The Hall–Kier alpha value is -1.55. The van der Waals surface area contributed by atoms with E-state index in [0.717, 1.165) is 11.1 Å². The lowest BCUT2D eigenvalue weighted by Crippen LogP contribution is -2.24. The topological polar surface area (TPSA) is 46.2 Å². The number of hydrogen-bond acceptors (Lipinski definition) is 3. The largest absolute Gasteiger partial charge is 0.382 e. The van der Waals surface area contributed by atoms with Gasteiger partial charge < -0.3 is 5.32 Å². The van der Waals surface area contributed by atoms with E-state index in [0.29, 0.717) is 0 Å². The molecule has 3 nitrogen and oxygen atoms in total. The second-order valence-corrected chi connectivity index (χ2v) is 6.88. The van der Waals surface area contributed by atoms with E-state index in [-0.39, 0.29) is 11.8 Å². The highest BCUT2D eigenvalue weighted by atomic mass is 32.2. The summed E-state index contributed by atoms with van der Waals surface area (Å²) < 4.78 is 22.4. The van der Waals surface area contributed by atoms with Gasteiger partial charge in [0.25, 0.3) is 0 Å². The van der Waals surface area contributed by atoms with Gasteiger partial charge in [-0.05, 0) is 29.8 Å². The van der Waals surface area contributed by atoms with Crippen molar-refractivity contribution in [2.75, 3.05) is 17.3 Å². The fourth-order valence-electron chi connectivity index (χ4n) is 2.06. The summed E-state index contributed by atoms with van der Waals surface area (Å²) in [4.78, 5) is 0. The molecule has 1 atom stereocenters. The fraction of sp³-hybridized carbons (Fsp3) is 0.286. The first-order valence-corrected chi connectivity index (χ1v) is 7.93. The molecule has 0 saturated heterocycles. The molecule has 0 saturated carbocycles. The van der Waals surface area contributed by atoms with Crippen LogP contribution in [0.1, 0.15) is 6.92 Å². The molecule has 0 spiro atoms. The molecule has 2 aromatic carbocycles. The van der Waals surface area contributed by atoms with Crippen molar-refractivity contribution in [1.29, 1.82) is 0 Å². The van der Waals surface area contributed by atoms with Gasteiger partial charge in [-0.2, -0.15) is 0 Å². The Labute approximate surface area is 108 Å². The molecule has 0 radical (unpaired) electrons. The zero-order valence-corrected chi connectivity index (χ0v) is 11.4. The van der Waals surface area contributed by atoms with Gasteiger partial charge >= 0.3 is 0 Å². The molecule has 0 aromatic heterocycles. The van der Waals surface area contributed by atoms with Crippen LogP contribution in [0.15, 0.2) is 42.5 Å². The molecule has 0 aliphatic rings. The zero-order chi connectivity index (χ0) is 13.2. The monoisotopic (exact) mass is 263 g/mol. The van der Waals surface area contributed by atoms with E-state index in [1.165, 1.54) is 11.6 Å². The van der Waals surface area contributed by atoms with Gasteiger partial charge in [0.2, 0.25) is 0 Å². The van der Waals surface area contributed by atoms with E-state index >= 15 is 0 Å². The lowest BCUT2D eigenvalue weighted by atomic mass is 10.1. The Morgan fingerprint density at radius 3 is 2.44 bits per heavy atom. The lowest BCUT2D eigenvalue weighted by Gasteiger charge is -2.14. The predicted octanol–water partition coefficient (Wildman–Crippen LogP) is 2.68. The molecular weight excluding hydrogens is 246 g/mol. The summed E-state index contributed by atoms with van der Waals surface area (Å²) in [7, 11) is -2.95. The average Bonchev–Trinajstić information content (AvgIpc) is 2.26. The number of rotatable bonds is 4. The third kappa shape index (κ3) is 3.47. The molecule has 0 heterocycles. The maximum atomic E-state index is 11.2. The van der Waals surface area contributed by atoms with Gasteiger partial charge in [0.05, 0.1) is 5.75 Å². The van der Waals surface area contributed by atoms with E-state index in [1.807, 2.05) is 43.3 Å². The van der Waals surface area contributed by atoms with Crippen molar-refractivity contribution in [2.24, 2.45) is 0 Å².